The molecule has 29 heavy (non-hydrogen) atoms. The van der Waals surface area contributed by atoms with Crippen LogP contribution in [0.4, 0.5) is 13.2 Å². The lowest BCUT2D eigenvalue weighted by molar-refractivity contribution is -0.297. The number of carbonyl (C=O) groups is 1. The van der Waals surface area contributed by atoms with Crippen LogP contribution in [0.3, 0.4) is 0 Å². The zero-order chi connectivity index (χ0) is 21.4. The van der Waals surface area contributed by atoms with Crippen LogP contribution in [-0.4, -0.2) is 34.1 Å². The number of hydrogen-bond acceptors (Lipinski definition) is 5. The van der Waals surface area contributed by atoms with Crippen molar-refractivity contribution in [3.63, 3.8) is 0 Å². The van der Waals surface area contributed by atoms with E-state index in [1.807, 2.05) is 12.1 Å². The maximum Gasteiger partial charge on any atom is 0.438 e. The molecule has 1 unspecified atom stereocenters. The van der Waals surface area contributed by atoms with E-state index in [1.165, 1.54) is 12.1 Å². The largest absolute Gasteiger partial charge is 0.486 e. The van der Waals surface area contributed by atoms with Crippen LogP contribution >= 0.6 is 0 Å². The van der Waals surface area contributed by atoms with Crippen molar-refractivity contribution < 1.29 is 32.2 Å². The molecular weight excluding hydrogens is 389 g/mol. The van der Waals surface area contributed by atoms with E-state index in [2.05, 4.69) is 25.9 Å². The van der Waals surface area contributed by atoms with E-state index in [4.69, 9.17) is 9.15 Å². The molecular formula is C20H21F3N2O4. The fourth-order valence-corrected chi connectivity index (χ4v) is 2.77. The van der Waals surface area contributed by atoms with Gasteiger partial charge < -0.3 is 14.3 Å². The molecule has 1 aliphatic heterocycles. The topological polar surface area (TPSA) is 75.3 Å². The van der Waals surface area contributed by atoms with Gasteiger partial charge >= 0.3 is 12.1 Å². The van der Waals surface area contributed by atoms with Crippen LogP contribution < -0.4 is 4.74 Å². The molecule has 156 valence electrons. The summed E-state index contributed by atoms with van der Waals surface area (Å²) < 4.78 is 50.2. The predicted molar refractivity (Wildman–Crippen MR) is 98.5 cm³/mol. The monoisotopic (exact) mass is 410 g/mol. The minimum Gasteiger partial charge on any atom is -0.486 e. The van der Waals surface area contributed by atoms with Gasteiger partial charge in [0.05, 0.1) is 0 Å². The van der Waals surface area contributed by atoms with Gasteiger partial charge in [-0.15, -0.1) is 0 Å². The Kier molecular flexibility index (Phi) is 5.20. The molecule has 1 aromatic heterocycles. The van der Waals surface area contributed by atoms with Gasteiger partial charge in [0.2, 0.25) is 0 Å². The highest BCUT2D eigenvalue weighted by molar-refractivity contribution is 5.93. The molecule has 9 heteroatoms. The highest BCUT2D eigenvalue weighted by Crippen LogP contribution is 2.39. The lowest BCUT2D eigenvalue weighted by Crippen LogP contribution is -2.56. The minimum atomic E-state index is -5.06. The Bertz CT molecular complexity index is 913. The van der Waals surface area contributed by atoms with Crippen LogP contribution in [0, 0.1) is 0 Å². The van der Waals surface area contributed by atoms with Crippen molar-refractivity contribution in [3.8, 4) is 5.75 Å². The Morgan fingerprint density at radius 2 is 1.86 bits per heavy atom. The molecule has 3 rings (SSSR count). The molecule has 1 aromatic carbocycles. The van der Waals surface area contributed by atoms with E-state index >= 15 is 0 Å². The summed E-state index contributed by atoms with van der Waals surface area (Å²) in [5, 5.41) is 13.2. The lowest BCUT2D eigenvalue weighted by Gasteiger charge is -2.31. The molecule has 0 saturated heterocycles. The fraction of sp³-hybridized carbons (Fsp3) is 0.400. The number of ether oxygens (including phenoxy) is 1. The van der Waals surface area contributed by atoms with Crippen LogP contribution in [0.15, 0.2) is 45.9 Å². The Labute approximate surface area is 165 Å². The number of halogens is 3. The van der Waals surface area contributed by atoms with Crippen molar-refractivity contribution in [2.75, 3.05) is 0 Å². The summed E-state index contributed by atoms with van der Waals surface area (Å²) >= 11 is 0. The van der Waals surface area contributed by atoms with Crippen molar-refractivity contribution >= 4 is 12.1 Å². The third-order valence-corrected chi connectivity index (χ3v) is 4.54. The van der Waals surface area contributed by atoms with Crippen molar-refractivity contribution in [1.82, 2.24) is 5.01 Å². The molecule has 1 aliphatic rings. The average molecular weight is 410 g/mol. The van der Waals surface area contributed by atoms with Crippen molar-refractivity contribution in [2.24, 2.45) is 5.10 Å². The molecule has 2 aromatic rings. The number of hydrazone groups is 1. The molecule has 1 amide bonds. The summed E-state index contributed by atoms with van der Waals surface area (Å²) in [5.41, 5.74) is -2.24. The van der Waals surface area contributed by atoms with Gasteiger partial charge in [-0.1, -0.05) is 32.9 Å². The zero-order valence-electron chi connectivity index (χ0n) is 16.2. The van der Waals surface area contributed by atoms with Gasteiger partial charge in [-0.3, -0.25) is 4.79 Å². The maximum atomic E-state index is 13.1. The van der Waals surface area contributed by atoms with Crippen molar-refractivity contribution in [2.45, 2.75) is 51.1 Å². The third kappa shape index (κ3) is 4.14. The first kappa shape index (κ1) is 20.9. The van der Waals surface area contributed by atoms with E-state index in [0.717, 1.165) is 11.8 Å². The second-order valence-electron chi connectivity index (χ2n) is 7.76. The van der Waals surface area contributed by atoms with E-state index in [0.29, 0.717) is 5.75 Å². The molecule has 0 radical (unpaired) electrons. The molecule has 0 saturated carbocycles. The number of furan rings is 1. The predicted octanol–water partition coefficient (Wildman–Crippen LogP) is 4.24. The van der Waals surface area contributed by atoms with Gasteiger partial charge in [-0.25, -0.2) is 0 Å². The van der Waals surface area contributed by atoms with Crippen molar-refractivity contribution in [1.29, 1.82) is 0 Å². The van der Waals surface area contributed by atoms with Gasteiger partial charge in [0, 0.05) is 12.6 Å². The van der Waals surface area contributed by atoms with Crippen LogP contribution in [0.1, 0.15) is 49.1 Å². The lowest BCUT2D eigenvalue weighted by atomic mass is 9.87. The second-order valence-corrected chi connectivity index (χ2v) is 7.76. The highest BCUT2D eigenvalue weighted by Gasteiger charge is 2.61. The molecule has 1 N–H and O–H groups in total. The number of nitrogens with zero attached hydrogens (tertiary/aromatic N) is 2. The van der Waals surface area contributed by atoms with E-state index in [-0.39, 0.29) is 28.6 Å². The molecule has 2 heterocycles. The molecule has 1 atom stereocenters. The van der Waals surface area contributed by atoms with Gasteiger partial charge in [-0.05, 0) is 35.2 Å². The number of rotatable bonds is 4. The average Bonchev–Trinajstić information content (AvgIpc) is 3.26. The highest BCUT2D eigenvalue weighted by atomic mass is 19.4. The minimum absolute atomic E-state index is 0.00516. The first-order chi connectivity index (χ1) is 13.4. The molecule has 0 bridgehead atoms. The molecule has 0 aliphatic carbocycles. The fourth-order valence-electron chi connectivity index (χ4n) is 2.77. The van der Waals surface area contributed by atoms with E-state index in [9.17, 15) is 23.1 Å². The summed E-state index contributed by atoms with van der Waals surface area (Å²) in [6.45, 7) is 6.26. The number of amides is 1. The Morgan fingerprint density at radius 1 is 1.21 bits per heavy atom. The Hall–Kier alpha value is -2.81. The number of alkyl halides is 3. The number of hydrogen-bond donors (Lipinski definition) is 1. The van der Waals surface area contributed by atoms with Crippen molar-refractivity contribution in [3.05, 3.63) is 53.5 Å². The van der Waals surface area contributed by atoms with E-state index in [1.54, 1.807) is 12.1 Å². The molecule has 0 spiro atoms. The van der Waals surface area contributed by atoms with Crippen LogP contribution in [0.25, 0.3) is 0 Å². The summed E-state index contributed by atoms with van der Waals surface area (Å²) in [4.78, 5) is 12.3. The van der Waals surface area contributed by atoms with E-state index < -0.39 is 24.2 Å². The zero-order valence-corrected chi connectivity index (χ0v) is 16.2. The first-order valence-electron chi connectivity index (χ1n) is 8.90. The standard InChI is InChI=1S/C20H21F3N2O4/c1-18(2,3)13-4-6-14(7-5-13)28-12-15-8-9-16(29-15)17(26)25-19(27,10-11-24-25)20(21,22)23/h4-9,11,27H,10,12H2,1-3H3. The number of carbonyl (C=O) groups excluding carboxylic acids is 1. The molecule has 0 fully saturated rings. The number of aliphatic hydroxyl groups is 1. The number of benzene rings is 1. The third-order valence-electron chi connectivity index (χ3n) is 4.54. The smallest absolute Gasteiger partial charge is 0.438 e. The summed E-state index contributed by atoms with van der Waals surface area (Å²) in [7, 11) is 0. The van der Waals surface area contributed by atoms with Gasteiger partial charge in [-0.2, -0.15) is 23.3 Å². The van der Waals surface area contributed by atoms with Crippen LogP contribution in [0.5, 0.6) is 5.75 Å². The van der Waals surface area contributed by atoms with Gasteiger partial charge in [0.15, 0.2) is 5.76 Å². The summed E-state index contributed by atoms with van der Waals surface area (Å²) in [6, 6.07) is 10.1. The van der Waals surface area contributed by atoms with Gasteiger partial charge in [0.25, 0.3) is 5.72 Å². The first-order valence-corrected chi connectivity index (χ1v) is 8.90. The SMILES string of the molecule is CC(C)(C)c1ccc(OCc2ccc(C(=O)N3N=CCC3(O)C(F)(F)F)o2)cc1. The Morgan fingerprint density at radius 3 is 2.45 bits per heavy atom. The van der Waals surface area contributed by atoms with Crippen LogP contribution in [0.2, 0.25) is 0 Å². The second kappa shape index (κ2) is 7.22. The quantitative estimate of drug-likeness (QED) is 0.818. The van der Waals surface area contributed by atoms with Gasteiger partial charge in [0.1, 0.15) is 18.1 Å². The van der Waals surface area contributed by atoms with Crippen LogP contribution in [-0.2, 0) is 12.0 Å². The Balaban J connectivity index is 1.66. The normalized spacial score (nSPS) is 19.6. The summed E-state index contributed by atoms with van der Waals surface area (Å²) in [6.07, 6.45) is -5.07. The molecule has 6 nitrogen and oxygen atoms in total. The summed E-state index contributed by atoms with van der Waals surface area (Å²) in [5.74, 6) is -0.752. The maximum absolute atomic E-state index is 13.1.